The summed E-state index contributed by atoms with van der Waals surface area (Å²) < 4.78 is 0. The minimum Gasteiger partial charge on any atom is -0.307 e. The number of nitrogens with one attached hydrogen (secondary N) is 1. The van der Waals surface area contributed by atoms with E-state index in [1.54, 1.807) is 0 Å². The molecule has 0 fully saturated rings. The van der Waals surface area contributed by atoms with Crippen molar-refractivity contribution in [1.82, 2.24) is 5.32 Å². The summed E-state index contributed by atoms with van der Waals surface area (Å²) in [6.45, 7) is 8.90. The summed E-state index contributed by atoms with van der Waals surface area (Å²) in [7, 11) is 0. The van der Waals surface area contributed by atoms with Gasteiger partial charge in [-0.05, 0) is 36.7 Å². The van der Waals surface area contributed by atoms with Crippen LogP contribution in [0, 0.1) is 6.92 Å². The SMILES string of the molecule is C=CC(NCC)c1cc(Cl)ccc1C. The van der Waals surface area contributed by atoms with E-state index in [4.69, 9.17) is 11.6 Å². The van der Waals surface area contributed by atoms with Crippen molar-refractivity contribution in [1.29, 1.82) is 0 Å². The van der Waals surface area contributed by atoms with E-state index in [1.807, 2.05) is 24.3 Å². The smallest absolute Gasteiger partial charge is 0.0506 e. The third-order valence-corrected chi connectivity index (χ3v) is 2.47. The van der Waals surface area contributed by atoms with Crippen LogP contribution in [0.2, 0.25) is 5.02 Å². The van der Waals surface area contributed by atoms with Crippen LogP contribution in [0.4, 0.5) is 0 Å². The third-order valence-electron chi connectivity index (χ3n) is 2.24. The first-order valence-electron chi connectivity index (χ1n) is 4.81. The minimum absolute atomic E-state index is 0.193. The van der Waals surface area contributed by atoms with E-state index in [1.165, 1.54) is 11.1 Å². The van der Waals surface area contributed by atoms with Crippen molar-refractivity contribution in [2.45, 2.75) is 19.9 Å². The van der Waals surface area contributed by atoms with Gasteiger partial charge >= 0.3 is 0 Å². The van der Waals surface area contributed by atoms with Crippen LogP contribution in [0.25, 0.3) is 0 Å². The number of rotatable bonds is 4. The summed E-state index contributed by atoms with van der Waals surface area (Å²) in [6, 6.07) is 6.13. The Morgan fingerprint density at radius 3 is 2.86 bits per heavy atom. The van der Waals surface area contributed by atoms with Crippen molar-refractivity contribution in [2.75, 3.05) is 6.54 Å². The monoisotopic (exact) mass is 209 g/mol. The number of benzene rings is 1. The minimum atomic E-state index is 0.193. The Hall–Kier alpha value is -0.790. The molecule has 0 heterocycles. The Morgan fingerprint density at radius 2 is 2.29 bits per heavy atom. The van der Waals surface area contributed by atoms with Crippen molar-refractivity contribution in [3.8, 4) is 0 Å². The molecule has 1 atom stereocenters. The number of aryl methyl sites for hydroxylation is 1. The number of hydrogen-bond donors (Lipinski definition) is 1. The third kappa shape index (κ3) is 2.60. The fourth-order valence-electron chi connectivity index (χ4n) is 1.49. The van der Waals surface area contributed by atoms with Crippen LogP contribution in [0.5, 0.6) is 0 Å². The molecule has 0 aliphatic heterocycles. The lowest BCUT2D eigenvalue weighted by Gasteiger charge is -2.16. The molecule has 1 nitrogen and oxygen atoms in total. The molecule has 1 N–H and O–H groups in total. The highest BCUT2D eigenvalue weighted by Crippen LogP contribution is 2.22. The molecular weight excluding hydrogens is 194 g/mol. The molecule has 0 saturated heterocycles. The van der Waals surface area contributed by atoms with Crippen LogP contribution in [0.3, 0.4) is 0 Å². The molecule has 0 spiro atoms. The van der Waals surface area contributed by atoms with Gasteiger partial charge in [0.2, 0.25) is 0 Å². The van der Waals surface area contributed by atoms with Crippen molar-refractivity contribution in [3.05, 3.63) is 47.0 Å². The molecule has 1 aromatic rings. The molecule has 76 valence electrons. The summed E-state index contributed by atoms with van der Waals surface area (Å²) >= 11 is 5.96. The van der Waals surface area contributed by atoms with E-state index >= 15 is 0 Å². The van der Waals surface area contributed by atoms with Gasteiger partial charge in [-0.2, -0.15) is 0 Å². The van der Waals surface area contributed by atoms with E-state index in [9.17, 15) is 0 Å². The Kier molecular flexibility index (Phi) is 4.18. The highest BCUT2D eigenvalue weighted by molar-refractivity contribution is 6.30. The van der Waals surface area contributed by atoms with Gasteiger partial charge in [-0.15, -0.1) is 6.58 Å². The molecule has 0 radical (unpaired) electrons. The number of halogens is 1. The maximum absolute atomic E-state index is 5.96. The topological polar surface area (TPSA) is 12.0 Å². The summed E-state index contributed by atoms with van der Waals surface area (Å²) in [4.78, 5) is 0. The zero-order valence-corrected chi connectivity index (χ0v) is 9.43. The van der Waals surface area contributed by atoms with Crippen LogP contribution in [-0.4, -0.2) is 6.54 Å². The number of hydrogen-bond acceptors (Lipinski definition) is 1. The molecule has 0 amide bonds. The highest BCUT2D eigenvalue weighted by Gasteiger charge is 2.08. The lowest BCUT2D eigenvalue weighted by molar-refractivity contribution is 0.646. The summed E-state index contributed by atoms with van der Waals surface area (Å²) in [5.41, 5.74) is 2.44. The van der Waals surface area contributed by atoms with E-state index in [0.717, 1.165) is 11.6 Å². The highest BCUT2D eigenvalue weighted by atomic mass is 35.5. The Labute approximate surface area is 90.8 Å². The predicted octanol–water partition coefficient (Wildman–Crippen LogP) is 3.49. The fraction of sp³-hybridized carbons (Fsp3) is 0.333. The first-order valence-corrected chi connectivity index (χ1v) is 5.18. The zero-order valence-electron chi connectivity index (χ0n) is 8.68. The molecule has 0 saturated carbocycles. The molecule has 14 heavy (non-hydrogen) atoms. The Bertz CT molecular complexity index is 320. The molecule has 0 bridgehead atoms. The average Bonchev–Trinajstić information content (AvgIpc) is 2.18. The van der Waals surface area contributed by atoms with E-state index in [-0.39, 0.29) is 6.04 Å². The quantitative estimate of drug-likeness (QED) is 0.749. The first kappa shape index (κ1) is 11.3. The Morgan fingerprint density at radius 1 is 1.57 bits per heavy atom. The van der Waals surface area contributed by atoms with E-state index in [2.05, 4.69) is 25.7 Å². The van der Waals surface area contributed by atoms with E-state index in [0.29, 0.717) is 0 Å². The zero-order chi connectivity index (χ0) is 10.6. The second-order valence-electron chi connectivity index (χ2n) is 3.27. The fourth-order valence-corrected chi connectivity index (χ4v) is 1.67. The summed E-state index contributed by atoms with van der Waals surface area (Å²) in [5, 5.41) is 4.11. The molecule has 1 unspecified atom stereocenters. The van der Waals surface area contributed by atoms with Crippen molar-refractivity contribution >= 4 is 11.6 Å². The van der Waals surface area contributed by atoms with Crippen LogP contribution in [-0.2, 0) is 0 Å². The first-order chi connectivity index (χ1) is 6.69. The van der Waals surface area contributed by atoms with Gasteiger partial charge in [-0.3, -0.25) is 0 Å². The van der Waals surface area contributed by atoms with Crippen LogP contribution >= 0.6 is 11.6 Å². The molecule has 0 aliphatic rings. The van der Waals surface area contributed by atoms with Crippen molar-refractivity contribution in [3.63, 3.8) is 0 Å². The summed E-state index contributed by atoms with van der Waals surface area (Å²) in [6.07, 6.45) is 1.90. The molecule has 1 aromatic carbocycles. The lowest BCUT2D eigenvalue weighted by atomic mass is 10.0. The Balaban J connectivity index is 3.01. The van der Waals surface area contributed by atoms with Gasteiger partial charge in [-0.1, -0.05) is 30.7 Å². The maximum atomic E-state index is 5.96. The lowest BCUT2D eigenvalue weighted by Crippen LogP contribution is -2.19. The molecule has 0 aliphatic carbocycles. The predicted molar refractivity (Wildman–Crippen MR) is 62.8 cm³/mol. The van der Waals surface area contributed by atoms with Crippen LogP contribution in [0.1, 0.15) is 24.1 Å². The molecular formula is C12H16ClN. The molecule has 0 aromatic heterocycles. The van der Waals surface area contributed by atoms with Gasteiger partial charge in [0.05, 0.1) is 6.04 Å². The summed E-state index contributed by atoms with van der Waals surface area (Å²) in [5.74, 6) is 0. The van der Waals surface area contributed by atoms with Crippen LogP contribution < -0.4 is 5.32 Å². The van der Waals surface area contributed by atoms with Crippen LogP contribution in [0.15, 0.2) is 30.9 Å². The standard InChI is InChI=1S/C12H16ClN/c1-4-12(14-5-2)11-8-10(13)7-6-9(11)3/h4,6-8,12,14H,1,5H2,2-3H3. The van der Waals surface area contributed by atoms with Gasteiger partial charge in [0.25, 0.3) is 0 Å². The molecule has 1 rings (SSSR count). The van der Waals surface area contributed by atoms with Gasteiger partial charge < -0.3 is 5.32 Å². The number of likely N-dealkylation sites (N-methyl/N-ethyl adjacent to an activating group) is 1. The van der Waals surface area contributed by atoms with Gasteiger partial charge in [0.1, 0.15) is 0 Å². The average molecular weight is 210 g/mol. The van der Waals surface area contributed by atoms with Crippen molar-refractivity contribution < 1.29 is 0 Å². The second-order valence-corrected chi connectivity index (χ2v) is 3.71. The van der Waals surface area contributed by atoms with Gasteiger partial charge in [-0.25, -0.2) is 0 Å². The normalized spacial score (nSPS) is 12.5. The second kappa shape index (κ2) is 5.18. The van der Waals surface area contributed by atoms with E-state index < -0.39 is 0 Å². The molecule has 2 heteroatoms. The van der Waals surface area contributed by atoms with Gasteiger partial charge in [0, 0.05) is 5.02 Å². The van der Waals surface area contributed by atoms with Crippen molar-refractivity contribution in [2.24, 2.45) is 0 Å². The maximum Gasteiger partial charge on any atom is 0.0506 e. The van der Waals surface area contributed by atoms with Gasteiger partial charge in [0.15, 0.2) is 0 Å². The largest absolute Gasteiger partial charge is 0.307 e.